The summed E-state index contributed by atoms with van der Waals surface area (Å²) >= 11 is 0. The number of rotatable bonds is 3. The number of aromatic amines is 1. The van der Waals surface area contributed by atoms with Crippen LogP contribution in [0.5, 0.6) is 0 Å². The normalized spacial score (nSPS) is 21.7. The molecule has 2 aromatic rings. The van der Waals surface area contributed by atoms with Gasteiger partial charge in [0, 0.05) is 18.2 Å². The molecule has 0 saturated carbocycles. The van der Waals surface area contributed by atoms with Crippen LogP contribution in [0.25, 0.3) is 11.3 Å². The van der Waals surface area contributed by atoms with Crippen molar-refractivity contribution in [2.75, 3.05) is 13.1 Å². The van der Waals surface area contributed by atoms with Gasteiger partial charge in [0.05, 0.1) is 17.5 Å². The quantitative estimate of drug-likeness (QED) is 0.903. The Kier molecular flexibility index (Phi) is 3.75. The molecule has 3 rings (SSSR count). The molecule has 21 heavy (non-hydrogen) atoms. The van der Waals surface area contributed by atoms with Crippen LogP contribution in [-0.2, 0) is 0 Å². The molecule has 5 nitrogen and oxygen atoms in total. The lowest BCUT2D eigenvalue weighted by molar-refractivity contribution is 0.0744. The third-order valence-corrected chi connectivity index (χ3v) is 4.19. The van der Waals surface area contributed by atoms with Gasteiger partial charge in [-0.15, -0.1) is 0 Å². The van der Waals surface area contributed by atoms with Crippen LogP contribution in [0.4, 0.5) is 0 Å². The van der Waals surface area contributed by atoms with Crippen LogP contribution >= 0.6 is 0 Å². The largest absolute Gasteiger partial charge is 0.335 e. The number of likely N-dealkylation sites (tertiary alicyclic amines) is 1. The third kappa shape index (κ3) is 2.56. The maximum absolute atomic E-state index is 12.8. The molecular formula is C16H20N4O. The number of hydrogen-bond acceptors (Lipinski definition) is 3. The lowest BCUT2D eigenvalue weighted by Gasteiger charge is -2.21. The Bertz CT molecular complexity index is 622. The highest BCUT2D eigenvalue weighted by molar-refractivity contribution is 6.00. The smallest absolute Gasteiger partial charge is 0.257 e. The molecule has 0 spiro atoms. The summed E-state index contributed by atoms with van der Waals surface area (Å²) in [5.74, 6) is 0.432. The van der Waals surface area contributed by atoms with Crippen LogP contribution in [0.1, 0.15) is 23.7 Å². The second-order valence-corrected chi connectivity index (χ2v) is 5.67. The highest BCUT2D eigenvalue weighted by atomic mass is 16.2. The predicted octanol–water partition coefficient (Wildman–Crippen LogP) is 1.89. The lowest BCUT2D eigenvalue weighted by Crippen LogP contribution is -2.34. The van der Waals surface area contributed by atoms with Crippen LogP contribution in [-0.4, -0.2) is 40.1 Å². The molecule has 2 heterocycles. The fourth-order valence-electron chi connectivity index (χ4n) is 3.02. The van der Waals surface area contributed by atoms with Crippen molar-refractivity contribution in [1.29, 1.82) is 0 Å². The second kappa shape index (κ2) is 5.69. The summed E-state index contributed by atoms with van der Waals surface area (Å²) in [4.78, 5) is 14.7. The molecule has 1 saturated heterocycles. The average Bonchev–Trinajstić information content (AvgIpc) is 3.14. The first-order valence-electron chi connectivity index (χ1n) is 7.30. The van der Waals surface area contributed by atoms with E-state index in [1.165, 1.54) is 0 Å². The standard InChI is InChI=1S/C16H20N4O/c1-11-7-12(8-17)10-20(11)16(21)14-9-18-19-15(14)13-5-3-2-4-6-13/h2-6,9,11-12H,7-8,10,17H2,1H3,(H,18,19). The van der Waals surface area contributed by atoms with E-state index in [2.05, 4.69) is 17.1 Å². The Labute approximate surface area is 124 Å². The van der Waals surface area contributed by atoms with Gasteiger partial charge in [0.25, 0.3) is 5.91 Å². The number of hydrogen-bond donors (Lipinski definition) is 2. The summed E-state index contributed by atoms with van der Waals surface area (Å²) in [7, 11) is 0. The monoisotopic (exact) mass is 284 g/mol. The number of H-pyrrole nitrogens is 1. The van der Waals surface area contributed by atoms with Crippen LogP contribution in [0, 0.1) is 5.92 Å². The van der Waals surface area contributed by atoms with E-state index in [0.717, 1.165) is 24.2 Å². The van der Waals surface area contributed by atoms with Crippen LogP contribution in [0.3, 0.4) is 0 Å². The number of nitrogens with zero attached hydrogens (tertiary/aromatic N) is 2. The Morgan fingerprint density at radius 1 is 1.43 bits per heavy atom. The molecule has 1 aliphatic rings. The molecule has 1 aromatic heterocycles. The van der Waals surface area contributed by atoms with E-state index >= 15 is 0 Å². The van der Waals surface area contributed by atoms with Gasteiger partial charge in [0.2, 0.25) is 0 Å². The summed E-state index contributed by atoms with van der Waals surface area (Å²) in [6.07, 6.45) is 2.59. The van der Waals surface area contributed by atoms with E-state index in [4.69, 9.17) is 5.73 Å². The second-order valence-electron chi connectivity index (χ2n) is 5.67. The zero-order valence-corrected chi connectivity index (χ0v) is 12.1. The van der Waals surface area contributed by atoms with Gasteiger partial charge < -0.3 is 10.6 Å². The minimum atomic E-state index is 0.0334. The zero-order valence-electron chi connectivity index (χ0n) is 12.1. The first-order valence-corrected chi connectivity index (χ1v) is 7.30. The van der Waals surface area contributed by atoms with E-state index < -0.39 is 0 Å². The van der Waals surface area contributed by atoms with Crippen molar-refractivity contribution < 1.29 is 4.79 Å². The highest BCUT2D eigenvalue weighted by Crippen LogP contribution is 2.27. The molecule has 0 radical (unpaired) electrons. The van der Waals surface area contributed by atoms with E-state index in [0.29, 0.717) is 18.0 Å². The van der Waals surface area contributed by atoms with E-state index in [-0.39, 0.29) is 11.9 Å². The summed E-state index contributed by atoms with van der Waals surface area (Å²) in [6, 6.07) is 10.0. The zero-order chi connectivity index (χ0) is 14.8. The predicted molar refractivity (Wildman–Crippen MR) is 81.7 cm³/mol. The molecule has 1 aliphatic heterocycles. The lowest BCUT2D eigenvalue weighted by atomic mass is 10.1. The molecule has 2 atom stereocenters. The van der Waals surface area contributed by atoms with E-state index in [1.54, 1.807) is 6.20 Å². The average molecular weight is 284 g/mol. The highest BCUT2D eigenvalue weighted by Gasteiger charge is 2.33. The van der Waals surface area contributed by atoms with Gasteiger partial charge in [-0.1, -0.05) is 30.3 Å². The topological polar surface area (TPSA) is 75.0 Å². The third-order valence-electron chi connectivity index (χ3n) is 4.19. The Morgan fingerprint density at radius 2 is 2.19 bits per heavy atom. The van der Waals surface area contributed by atoms with E-state index in [9.17, 15) is 4.79 Å². The number of nitrogens with two attached hydrogens (primary N) is 1. The van der Waals surface area contributed by atoms with E-state index in [1.807, 2.05) is 35.2 Å². The molecule has 0 aliphatic carbocycles. The van der Waals surface area contributed by atoms with Crippen LogP contribution < -0.4 is 5.73 Å². The fraction of sp³-hybridized carbons (Fsp3) is 0.375. The molecule has 3 N–H and O–H groups in total. The number of aromatic nitrogens is 2. The van der Waals surface area contributed by atoms with Crippen molar-refractivity contribution in [2.45, 2.75) is 19.4 Å². The summed E-state index contributed by atoms with van der Waals surface area (Å²) in [5.41, 5.74) is 8.13. The van der Waals surface area contributed by atoms with Crippen molar-refractivity contribution in [3.8, 4) is 11.3 Å². The van der Waals surface area contributed by atoms with Gasteiger partial charge in [-0.25, -0.2) is 0 Å². The maximum atomic E-state index is 12.8. The fourth-order valence-corrected chi connectivity index (χ4v) is 3.02. The molecule has 1 fully saturated rings. The minimum Gasteiger partial charge on any atom is -0.335 e. The van der Waals surface area contributed by atoms with Gasteiger partial charge in [0.1, 0.15) is 0 Å². The summed E-state index contributed by atoms with van der Waals surface area (Å²) < 4.78 is 0. The number of benzene rings is 1. The molecule has 0 bridgehead atoms. The molecular weight excluding hydrogens is 264 g/mol. The molecule has 1 aromatic carbocycles. The van der Waals surface area contributed by atoms with Gasteiger partial charge in [-0.3, -0.25) is 9.89 Å². The van der Waals surface area contributed by atoms with Gasteiger partial charge in [0.15, 0.2) is 0 Å². The van der Waals surface area contributed by atoms with Crippen molar-refractivity contribution in [3.63, 3.8) is 0 Å². The van der Waals surface area contributed by atoms with Crippen molar-refractivity contribution in [2.24, 2.45) is 11.7 Å². The van der Waals surface area contributed by atoms with Crippen molar-refractivity contribution >= 4 is 5.91 Å². The first-order chi connectivity index (χ1) is 10.2. The van der Waals surface area contributed by atoms with Crippen LogP contribution in [0.2, 0.25) is 0 Å². The van der Waals surface area contributed by atoms with Gasteiger partial charge >= 0.3 is 0 Å². The number of nitrogens with one attached hydrogen (secondary N) is 1. The Balaban J connectivity index is 1.88. The SMILES string of the molecule is CC1CC(CN)CN1C(=O)c1cn[nH]c1-c1ccccc1. The Hall–Kier alpha value is -2.14. The van der Waals surface area contributed by atoms with Gasteiger partial charge in [-0.05, 0) is 25.8 Å². The summed E-state index contributed by atoms with van der Waals surface area (Å²) in [5, 5.41) is 7.00. The molecule has 1 amide bonds. The van der Waals surface area contributed by atoms with Crippen LogP contribution in [0.15, 0.2) is 36.5 Å². The number of carbonyl (C=O) groups excluding carboxylic acids is 1. The number of amides is 1. The minimum absolute atomic E-state index is 0.0334. The van der Waals surface area contributed by atoms with Gasteiger partial charge in [-0.2, -0.15) is 5.10 Å². The number of carbonyl (C=O) groups is 1. The maximum Gasteiger partial charge on any atom is 0.257 e. The van der Waals surface area contributed by atoms with Crippen molar-refractivity contribution in [1.82, 2.24) is 15.1 Å². The molecule has 5 heteroatoms. The summed E-state index contributed by atoms with van der Waals surface area (Å²) in [6.45, 7) is 3.44. The first kappa shape index (κ1) is 13.8. The Morgan fingerprint density at radius 3 is 2.86 bits per heavy atom. The molecule has 2 unspecified atom stereocenters. The van der Waals surface area contributed by atoms with Crippen molar-refractivity contribution in [3.05, 3.63) is 42.1 Å². The molecule has 110 valence electrons.